The molecule has 0 aliphatic heterocycles. The molecule has 0 spiro atoms. The molecule has 0 radical (unpaired) electrons. The molecule has 2 aromatic carbocycles. The first-order valence-corrected chi connectivity index (χ1v) is 7.16. The molecule has 0 aliphatic carbocycles. The number of phenolic OH excluding ortho intramolecular Hbond substituents is 2. The summed E-state index contributed by atoms with van der Waals surface area (Å²) in [4.78, 5) is 0. The lowest BCUT2D eigenvalue weighted by Crippen LogP contribution is -2.11. The summed E-state index contributed by atoms with van der Waals surface area (Å²) in [5.41, 5.74) is -1.08. The molecule has 0 unspecified atom stereocenters. The molecule has 7 heteroatoms. The normalized spacial score (nSPS) is 11.0. The Morgan fingerprint density at radius 1 is 1.00 bits per heavy atom. The lowest BCUT2D eigenvalue weighted by Gasteiger charge is -2.17. The Balaban J connectivity index is 2.74. The minimum Gasteiger partial charge on any atom is -0.504 e. The first-order valence-electron chi connectivity index (χ1n) is 7.16. The average Bonchev–Trinajstić information content (AvgIpc) is 2.55. The number of nitrogens with zero attached hydrogens (tertiary/aromatic N) is 2. The fraction of sp³-hybridized carbons (Fsp3) is 0.222. The Kier molecular flexibility index (Phi) is 4.62. The maximum absolute atomic E-state index is 13.3. The first-order chi connectivity index (χ1) is 11.6. The molecule has 0 fully saturated rings. The maximum Gasteiger partial charge on any atom is 0.416 e. The Hall–Kier alpha value is -3.19. The van der Waals surface area contributed by atoms with Gasteiger partial charge >= 0.3 is 6.18 Å². The molecule has 0 aliphatic rings. The predicted octanol–water partition coefficient (Wildman–Crippen LogP) is 4.07. The van der Waals surface area contributed by atoms with Crippen molar-refractivity contribution >= 4 is 0 Å². The fourth-order valence-electron chi connectivity index (χ4n) is 2.65. The van der Waals surface area contributed by atoms with Gasteiger partial charge in [-0.25, -0.2) is 0 Å². The second-order valence-corrected chi connectivity index (χ2v) is 5.61. The van der Waals surface area contributed by atoms with Gasteiger partial charge in [0.2, 0.25) is 0 Å². The van der Waals surface area contributed by atoms with Crippen LogP contribution < -0.4 is 0 Å². The lowest BCUT2D eigenvalue weighted by molar-refractivity contribution is -0.138. The zero-order valence-electron chi connectivity index (χ0n) is 13.4. The summed E-state index contributed by atoms with van der Waals surface area (Å²) in [5.74, 6) is -1.37. The van der Waals surface area contributed by atoms with Crippen molar-refractivity contribution in [1.29, 1.82) is 10.5 Å². The molecule has 0 atom stereocenters. The minimum absolute atomic E-state index is 0.0572. The van der Waals surface area contributed by atoms with E-state index >= 15 is 0 Å². The third kappa shape index (κ3) is 3.22. The van der Waals surface area contributed by atoms with Gasteiger partial charge in [0.1, 0.15) is 17.7 Å². The molecule has 2 aromatic rings. The van der Waals surface area contributed by atoms with Gasteiger partial charge in [0.05, 0.1) is 11.1 Å². The van der Waals surface area contributed by atoms with Crippen molar-refractivity contribution in [2.75, 3.05) is 0 Å². The number of aryl methyl sites for hydroxylation is 1. The Bertz CT molecular complexity index is 936. The highest BCUT2D eigenvalue weighted by Crippen LogP contribution is 2.40. The lowest BCUT2D eigenvalue weighted by atomic mass is 9.89. The van der Waals surface area contributed by atoms with Crippen LogP contribution in [0.4, 0.5) is 13.2 Å². The van der Waals surface area contributed by atoms with Crippen LogP contribution in [0.3, 0.4) is 0 Å². The van der Waals surface area contributed by atoms with Crippen molar-refractivity contribution in [2.24, 2.45) is 0 Å². The van der Waals surface area contributed by atoms with Gasteiger partial charge in [-0.05, 0) is 43.0 Å². The fourth-order valence-corrected chi connectivity index (χ4v) is 2.65. The highest BCUT2D eigenvalue weighted by atomic mass is 19.4. The second-order valence-electron chi connectivity index (χ2n) is 5.61. The van der Waals surface area contributed by atoms with Crippen molar-refractivity contribution in [3.05, 3.63) is 57.1 Å². The maximum atomic E-state index is 13.3. The summed E-state index contributed by atoms with van der Waals surface area (Å²) >= 11 is 0. The number of aromatic hydroxyl groups is 2. The van der Waals surface area contributed by atoms with Crippen molar-refractivity contribution in [2.45, 2.75) is 26.4 Å². The van der Waals surface area contributed by atoms with E-state index in [1.807, 2.05) is 0 Å². The summed E-state index contributed by atoms with van der Waals surface area (Å²) in [5, 5.41) is 38.1. The molecule has 25 heavy (non-hydrogen) atoms. The van der Waals surface area contributed by atoms with Crippen LogP contribution in [-0.4, -0.2) is 10.2 Å². The molecule has 0 bridgehead atoms. The van der Waals surface area contributed by atoms with E-state index in [9.17, 15) is 28.6 Å². The number of nitriles is 2. The largest absolute Gasteiger partial charge is 0.504 e. The van der Waals surface area contributed by atoms with Crippen LogP contribution in [0.5, 0.6) is 11.5 Å². The van der Waals surface area contributed by atoms with E-state index in [1.165, 1.54) is 26.0 Å². The van der Waals surface area contributed by atoms with Crippen LogP contribution in [0, 0.1) is 36.5 Å². The van der Waals surface area contributed by atoms with Crippen LogP contribution in [0.2, 0.25) is 0 Å². The van der Waals surface area contributed by atoms with Gasteiger partial charge < -0.3 is 10.2 Å². The quantitative estimate of drug-likeness (QED) is 0.803. The molecule has 2 N–H and O–H groups in total. The Morgan fingerprint density at radius 3 is 2.12 bits per heavy atom. The van der Waals surface area contributed by atoms with Gasteiger partial charge in [0.25, 0.3) is 0 Å². The SMILES string of the molecule is Cc1ccc(Cc2c(C)c(O)c(O)c(C#N)c2C#N)c(C(F)(F)F)c1. The van der Waals surface area contributed by atoms with Crippen LogP contribution in [0.1, 0.15) is 38.9 Å². The average molecular weight is 346 g/mol. The molecule has 4 nitrogen and oxygen atoms in total. The Morgan fingerprint density at radius 2 is 1.60 bits per heavy atom. The van der Waals surface area contributed by atoms with Crippen molar-refractivity contribution < 1.29 is 23.4 Å². The number of phenols is 2. The van der Waals surface area contributed by atoms with Gasteiger partial charge in [-0.15, -0.1) is 0 Å². The summed E-state index contributed by atoms with van der Waals surface area (Å²) in [6.07, 6.45) is -4.90. The molecular weight excluding hydrogens is 333 g/mol. The van der Waals surface area contributed by atoms with Gasteiger partial charge in [-0.2, -0.15) is 23.7 Å². The zero-order chi connectivity index (χ0) is 18.9. The summed E-state index contributed by atoms with van der Waals surface area (Å²) in [6, 6.07) is 7.16. The van der Waals surface area contributed by atoms with Gasteiger partial charge in [0, 0.05) is 0 Å². The van der Waals surface area contributed by atoms with E-state index in [0.29, 0.717) is 5.56 Å². The highest BCUT2D eigenvalue weighted by Gasteiger charge is 2.34. The van der Waals surface area contributed by atoms with E-state index < -0.39 is 28.8 Å². The number of benzene rings is 2. The number of rotatable bonds is 2. The van der Waals surface area contributed by atoms with E-state index in [2.05, 4.69) is 0 Å². The molecule has 0 saturated heterocycles. The van der Waals surface area contributed by atoms with E-state index in [1.54, 1.807) is 12.1 Å². The monoisotopic (exact) mass is 346 g/mol. The third-order valence-electron chi connectivity index (χ3n) is 3.98. The molecule has 0 amide bonds. The topological polar surface area (TPSA) is 88.0 Å². The van der Waals surface area contributed by atoms with Crippen LogP contribution in [-0.2, 0) is 12.6 Å². The van der Waals surface area contributed by atoms with Crippen molar-refractivity contribution in [3.63, 3.8) is 0 Å². The molecular formula is C18H13F3N2O2. The predicted molar refractivity (Wildman–Crippen MR) is 82.9 cm³/mol. The summed E-state index contributed by atoms with van der Waals surface area (Å²) in [6.45, 7) is 2.90. The first kappa shape index (κ1) is 18.2. The second kappa shape index (κ2) is 6.37. The van der Waals surface area contributed by atoms with Crippen molar-refractivity contribution in [1.82, 2.24) is 0 Å². The minimum atomic E-state index is -4.58. The zero-order valence-corrected chi connectivity index (χ0v) is 13.4. The van der Waals surface area contributed by atoms with Gasteiger partial charge in [0.15, 0.2) is 11.5 Å². The summed E-state index contributed by atoms with van der Waals surface area (Å²) in [7, 11) is 0. The summed E-state index contributed by atoms with van der Waals surface area (Å²) < 4.78 is 39.9. The van der Waals surface area contributed by atoms with Crippen LogP contribution in [0.25, 0.3) is 0 Å². The molecule has 128 valence electrons. The number of alkyl halides is 3. The number of hydrogen-bond donors (Lipinski definition) is 2. The van der Waals surface area contributed by atoms with Gasteiger partial charge in [-0.3, -0.25) is 0 Å². The van der Waals surface area contributed by atoms with Gasteiger partial charge in [-0.1, -0.05) is 17.7 Å². The van der Waals surface area contributed by atoms with E-state index in [4.69, 9.17) is 5.26 Å². The molecule has 0 aromatic heterocycles. The Labute approximate surface area is 142 Å². The van der Waals surface area contributed by atoms with E-state index in [-0.39, 0.29) is 28.7 Å². The van der Waals surface area contributed by atoms with Crippen LogP contribution in [0.15, 0.2) is 18.2 Å². The molecule has 2 rings (SSSR count). The third-order valence-corrected chi connectivity index (χ3v) is 3.98. The van der Waals surface area contributed by atoms with E-state index in [0.717, 1.165) is 6.07 Å². The smallest absolute Gasteiger partial charge is 0.416 e. The highest BCUT2D eigenvalue weighted by molar-refractivity contribution is 5.66. The standard InChI is InChI=1S/C18H13F3N2O2/c1-9-3-4-11(15(5-9)18(19,20)21)6-12-10(2)16(24)17(25)14(8-23)13(12)7-22/h3-5,24-25H,6H2,1-2H3. The molecule has 0 saturated carbocycles. The number of halogens is 3. The molecule has 0 heterocycles. The number of hydrogen-bond acceptors (Lipinski definition) is 4. The van der Waals surface area contributed by atoms with Crippen LogP contribution >= 0.6 is 0 Å². The van der Waals surface area contributed by atoms with Crippen molar-refractivity contribution in [3.8, 4) is 23.6 Å².